The van der Waals surface area contributed by atoms with Gasteiger partial charge >= 0.3 is 6.03 Å². The molecule has 116 valence electrons. The molecule has 1 rings (SSSR count). The fraction of sp³-hybridized carbons (Fsp3) is 0.846. The van der Waals surface area contributed by atoms with Crippen molar-refractivity contribution < 1.29 is 14.3 Å². The van der Waals surface area contributed by atoms with Crippen LogP contribution < -0.4 is 10.6 Å². The largest absolute Gasteiger partial charge is 0.379 e. The highest BCUT2D eigenvalue weighted by Crippen LogP contribution is 1.98. The summed E-state index contributed by atoms with van der Waals surface area (Å²) < 4.78 is 5.28. The molecule has 1 aliphatic heterocycles. The molecule has 0 spiro atoms. The van der Waals surface area contributed by atoms with E-state index in [1.54, 1.807) is 14.1 Å². The second kappa shape index (κ2) is 8.76. The van der Waals surface area contributed by atoms with E-state index in [1.807, 2.05) is 6.92 Å². The van der Waals surface area contributed by atoms with E-state index in [0.29, 0.717) is 13.0 Å². The summed E-state index contributed by atoms with van der Waals surface area (Å²) in [6, 6.07) is -0.157. The van der Waals surface area contributed by atoms with Crippen LogP contribution in [0, 0.1) is 0 Å². The van der Waals surface area contributed by atoms with Gasteiger partial charge in [-0.1, -0.05) is 0 Å². The average Bonchev–Trinajstić information content (AvgIpc) is 2.39. The van der Waals surface area contributed by atoms with Crippen molar-refractivity contribution in [3.8, 4) is 0 Å². The second-order valence-corrected chi connectivity index (χ2v) is 5.25. The molecule has 1 aliphatic rings. The summed E-state index contributed by atoms with van der Waals surface area (Å²) in [5.41, 5.74) is 0. The van der Waals surface area contributed by atoms with Crippen molar-refractivity contribution >= 4 is 11.9 Å². The molecule has 1 heterocycles. The average molecular weight is 286 g/mol. The first kappa shape index (κ1) is 16.7. The Balaban J connectivity index is 2.12. The molecular formula is C13H26N4O3. The predicted octanol–water partition coefficient (Wildman–Crippen LogP) is -0.515. The van der Waals surface area contributed by atoms with Gasteiger partial charge in [0.15, 0.2) is 0 Å². The van der Waals surface area contributed by atoms with Crippen LogP contribution in [-0.4, -0.2) is 81.3 Å². The molecule has 1 unspecified atom stereocenters. The number of hydrogen-bond acceptors (Lipinski definition) is 4. The summed E-state index contributed by atoms with van der Waals surface area (Å²) in [5, 5.41) is 5.57. The molecule has 7 heteroatoms. The zero-order chi connectivity index (χ0) is 15.0. The first-order valence-corrected chi connectivity index (χ1v) is 7.03. The minimum absolute atomic E-state index is 0.00617. The van der Waals surface area contributed by atoms with E-state index >= 15 is 0 Å². The van der Waals surface area contributed by atoms with Crippen LogP contribution in [-0.2, 0) is 9.53 Å². The molecule has 0 aromatic heterocycles. The van der Waals surface area contributed by atoms with Crippen LogP contribution in [0.2, 0.25) is 0 Å². The molecule has 1 fully saturated rings. The second-order valence-electron chi connectivity index (χ2n) is 5.25. The van der Waals surface area contributed by atoms with Crippen LogP contribution >= 0.6 is 0 Å². The Bertz CT molecular complexity index is 317. The van der Waals surface area contributed by atoms with Crippen molar-refractivity contribution in [3.63, 3.8) is 0 Å². The van der Waals surface area contributed by atoms with Crippen molar-refractivity contribution in [1.82, 2.24) is 20.4 Å². The summed E-state index contributed by atoms with van der Waals surface area (Å²) >= 11 is 0. The highest BCUT2D eigenvalue weighted by molar-refractivity contribution is 5.78. The summed E-state index contributed by atoms with van der Waals surface area (Å²) in [5.74, 6) is 0.00617. The third-order valence-corrected chi connectivity index (χ3v) is 3.14. The monoisotopic (exact) mass is 286 g/mol. The Morgan fingerprint density at radius 1 is 1.30 bits per heavy atom. The van der Waals surface area contributed by atoms with Gasteiger partial charge in [0.1, 0.15) is 0 Å². The number of nitrogens with one attached hydrogen (secondary N) is 2. The number of amides is 3. The molecule has 3 amide bonds. The number of nitrogens with zero attached hydrogens (tertiary/aromatic N) is 2. The standard InChI is InChI=1S/C13H26N4O3/c1-11(10-17-6-8-20-9-7-17)15-13(19)14-5-4-12(18)16(2)3/h11H,4-10H2,1-3H3,(H2,14,15,19). The van der Waals surface area contributed by atoms with Gasteiger partial charge < -0.3 is 20.3 Å². The van der Waals surface area contributed by atoms with E-state index < -0.39 is 0 Å². The van der Waals surface area contributed by atoms with Crippen LogP contribution in [0.5, 0.6) is 0 Å². The van der Waals surface area contributed by atoms with Crippen LogP contribution in [0.3, 0.4) is 0 Å². The molecule has 0 bridgehead atoms. The zero-order valence-corrected chi connectivity index (χ0v) is 12.6. The van der Waals surface area contributed by atoms with Gasteiger partial charge in [0.25, 0.3) is 0 Å². The van der Waals surface area contributed by atoms with Gasteiger partial charge in [-0.15, -0.1) is 0 Å². The Hall–Kier alpha value is -1.34. The lowest BCUT2D eigenvalue weighted by atomic mass is 10.3. The third-order valence-electron chi connectivity index (χ3n) is 3.14. The van der Waals surface area contributed by atoms with E-state index in [9.17, 15) is 9.59 Å². The van der Waals surface area contributed by atoms with Crippen molar-refractivity contribution in [3.05, 3.63) is 0 Å². The Morgan fingerprint density at radius 3 is 2.55 bits per heavy atom. The van der Waals surface area contributed by atoms with Crippen molar-refractivity contribution in [2.24, 2.45) is 0 Å². The predicted molar refractivity (Wildman–Crippen MR) is 76.6 cm³/mol. The van der Waals surface area contributed by atoms with Gasteiger partial charge in [-0.05, 0) is 6.92 Å². The summed E-state index contributed by atoms with van der Waals surface area (Å²) in [6.07, 6.45) is 0.318. The minimum Gasteiger partial charge on any atom is -0.379 e. The normalized spacial score (nSPS) is 17.4. The Morgan fingerprint density at radius 2 is 1.95 bits per heavy atom. The molecule has 1 saturated heterocycles. The molecule has 0 saturated carbocycles. The molecular weight excluding hydrogens is 260 g/mol. The van der Waals surface area contributed by atoms with Gasteiger partial charge in [-0.3, -0.25) is 9.69 Å². The first-order chi connectivity index (χ1) is 9.49. The Labute approximate surface area is 120 Å². The maximum atomic E-state index is 11.7. The number of urea groups is 1. The topological polar surface area (TPSA) is 73.9 Å². The number of carbonyl (C=O) groups is 2. The number of hydrogen-bond donors (Lipinski definition) is 2. The molecule has 20 heavy (non-hydrogen) atoms. The fourth-order valence-electron chi connectivity index (χ4n) is 2.00. The van der Waals surface area contributed by atoms with Crippen LogP contribution in [0.15, 0.2) is 0 Å². The van der Waals surface area contributed by atoms with Gasteiger partial charge in [0.2, 0.25) is 5.91 Å². The van der Waals surface area contributed by atoms with Crippen molar-refractivity contribution in [2.45, 2.75) is 19.4 Å². The summed E-state index contributed by atoms with van der Waals surface area (Å²) in [7, 11) is 3.40. The molecule has 1 atom stereocenters. The highest BCUT2D eigenvalue weighted by atomic mass is 16.5. The number of ether oxygens (including phenoxy) is 1. The maximum absolute atomic E-state index is 11.7. The molecule has 0 radical (unpaired) electrons. The van der Waals surface area contributed by atoms with Gasteiger partial charge in [-0.25, -0.2) is 4.79 Å². The number of morpholine rings is 1. The lowest BCUT2D eigenvalue weighted by Gasteiger charge is -2.29. The summed E-state index contributed by atoms with van der Waals surface area (Å²) in [6.45, 7) is 6.47. The molecule has 0 aromatic rings. The number of rotatable bonds is 6. The molecule has 0 aliphatic carbocycles. The lowest BCUT2D eigenvalue weighted by molar-refractivity contribution is -0.128. The quantitative estimate of drug-likeness (QED) is 0.689. The van der Waals surface area contributed by atoms with Gasteiger partial charge in [0, 0.05) is 52.7 Å². The minimum atomic E-state index is -0.225. The van der Waals surface area contributed by atoms with E-state index in [2.05, 4.69) is 15.5 Å². The third kappa shape index (κ3) is 6.72. The lowest BCUT2D eigenvalue weighted by Crippen LogP contribution is -2.48. The van der Waals surface area contributed by atoms with Crippen LogP contribution in [0.25, 0.3) is 0 Å². The number of carbonyl (C=O) groups excluding carboxylic acids is 2. The van der Waals surface area contributed by atoms with Gasteiger partial charge in [-0.2, -0.15) is 0 Å². The van der Waals surface area contributed by atoms with Crippen LogP contribution in [0.1, 0.15) is 13.3 Å². The molecule has 2 N–H and O–H groups in total. The van der Waals surface area contributed by atoms with Gasteiger partial charge in [0.05, 0.1) is 13.2 Å². The van der Waals surface area contributed by atoms with E-state index in [4.69, 9.17) is 4.74 Å². The van der Waals surface area contributed by atoms with Crippen molar-refractivity contribution in [2.75, 3.05) is 53.5 Å². The van der Waals surface area contributed by atoms with Crippen molar-refractivity contribution in [1.29, 1.82) is 0 Å². The first-order valence-electron chi connectivity index (χ1n) is 7.03. The smallest absolute Gasteiger partial charge is 0.315 e. The summed E-state index contributed by atoms with van der Waals surface area (Å²) in [4.78, 5) is 26.8. The fourth-order valence-corrected chi connectivity index (χ4v) is 2.00. The molecule has 7 nitrogen and oxygen atoms in total. The Kier molecular flexibility index (Phi) is 7.32. The van der Waals surface area contributed by atoms with Crippen LogP contribution in [0.4, 0.5) is 4.79 Å². The van der Waals surface area contributed by atoms with E-state index in [1.165, 1.54) is 4.90 Å². The SMILES string of the molecule is CC(CN1CCOCC1)NC(=O)NCCC(=O)N(C)C. The zero-order valence-electron chi connectivity index (χ0n) is 12.6. The highest BCUT2D eigenvalue weighted by Gasteiger charge is 2.15. The van der Waals surface area contributed by atoms with E-state index in [-0.39, 0.29) is 18.0 Å². The molecule has 0 aromatic carbocycles. The maximum Gasteiger partial charge on any atom is 0.315 e. The van der Waals surface area contributed by atoms with E-state index in [0.717, 1.165) is 32.8 Å².